The van der Waals surface area contributed by atoms with Gasteiger partial charge >= 0.3 is 11.5 Å². The average Bonchev–Trinajstić information content (AvgIpc) is 2.47. The minimum Gasteiger partial charge on any atom is -0.419 e. The average molecular weight is 184 g/mol. The maximum absolute atomic E-state index is 11.1. The lowest BCUT2D eigenvalue weighted by molar-refractivity contribution is -0.134. The SMILES string of the molecule is CCC(=O)Oc1cn(CC)[nH]c1=O. The third kappa shape index (κ3) is 2.21. The molecule has 1 N–H and O–H groups in total. The van der Waals surface area contributed by atoms with Crippen LogP contribution in [0, 0.1) is 0 Å². The molecule has 0 fully saturated rings. The summed E-state index contributed by atoms with van der Waals surface area (Å²) in [6.07, 6.45) is 1.74. The Balaban J connectivity index is 2.83. The Morgan fingerprint density at radius 2 is 2.31 bits per heavy atom. The van der Waals surface area contributed by atoms with E-state index in [0.29, 0.717) is 6.54 Å². The molecule has 0 aromatic carbocycles. The molecule has 0 saturated heterocycles. The first-order chi connectivity index (χ1) is 6.17. The van der Waals surface area contributed by atoms with E-state index >= 15 is 0 Å². The van der Waals surface area contributed by atoms with Crippen LogP contribution in [0.3, 0.4) is 0 Å². The van der Waals surface area contributed by atoms with E-state index in [1.807, 2.05) is 6.92 Å². The number of aromatic nitrogens is 2. The lowest BCUT2D eigenvalue weighted by atomic mass is 10.5. The lowest BCUT2D eigenvalue weighted by Crippen LogP contribution is -2.12. The van der Waals surface area contributed by atoms with Gasteiger partial charge in [0, 0.05) is 13.0 Å². The summed E-state index contributed by atoms with van der Waals surface area (Å²) in [6, 6.07) is 0. The Bertz CT molecular complexity index is 351. The molecule has 0 atom stereocenters. The number of carbonyl (C=O) groups excluding carboxylic acids is 1. The fourth-order valence-corrected chi connectivity index (χ4v) is 0.856. The number of rotatable bonds is 3. The molecule has 5 nitrogen and oxygen atoms in total. The monoisotopic (exact) mass is 184 g/mol. The Morgan fingerprint density at radius 1 is 1.62 bits per heavy atom. The highest BCUT2D eigenvalue weighted by Crippen LogP contribution is 2.02. The molecule has 1 rings (SSSR count). The number of esters is 1. The van der Waals surface area contributed by atoms with Gasteiger partial charge in [-0.05, 0) is 6.92 Å². The molecule has 1 aromatic heterocycles. The number of aromatic amines is 1. The number of ether oxygens (including phenoxy) is 1. The molecular formula is C8H12N2O3. The minimum absolute atomic E-state index is 0.0636. The van der Waals surface area contributed by atoms with Crippen LogP contribution >= 0.6 is 0 Å². The van der Waals surface area contributed by atoms with Crippen LogP contribution in [-0.2, 0) is 11.3 Å². The summed E-state index contributed by atoms with van der Waals surface area (Å²) in [5.41, 5.74) is -0.372. The second-order valence-electron chi connectivity index (χ2n) is 2.55. The smallest absolute Gasteiger partial charge is 0.311 e. The number of hydrogen-bond acceptors (Lipinski definition) is 3. The Kier molecular flexibility index (Phi) is 2.89. The number of nitrogens with zero attached hydrogens (tertiary/aromatic N) is 1. The zero-order chi connectivity index (χ0) is 9.84. The standard InChI is InChI=1S/C8H12N2O3/c1-3-7(11)13-6-5-10(4-2)9-8(6)12/h5H,3-4H2,1-2H3,(H,9,12). The van der Waals surface area contributed by atoms with Gasteiger partial charge in [-0.25, -0.2) is 0 Å². The van der Waals surface area contributed by atoms with Gasteiger partial charge in [0.05, 0.1) is 6.20 Å². The van der Waals surface area contributed by atoms with E-state index in [2.05, 4.69) is 5.10 Å². The zero-order valence-corrected chi connectivity index (χ0v) is 7.66. The van der Waals surface area contributed by atoms with E-state index in [9.17, 15) is 9.59 Å². The first-order valence-corrected chi connectivity index (χ1v) is 4.17. The normalized spacial score (nSPS) is 10.0. The lowest BCUT2D eigenvalue weighted by Gasteiger charge is -1.95. The van der Waals surface area contributed by atoms with Crippen LogP contribution in [0.4, 0.5) is 0 Å². The Hall–Kier alpha value is -1.52. The van der Waals surface area contributed by atoms with Gasteiger partial charge in [0.25, 0.3) is 0 Å². The van der Waals surface area contributed by atoms with Crippen molar-refractivity contribution in [1.29, 1.82) is 0 Å². The number of aryl methyl sites for hydroxylation is 1. The molecule has 0 bridgehead atoms. The summed E-state index contributed by atoms with van der Waals surface area (Å²) in [5.74, 6) is -0.340. The molecule has 0 unspecified atom stereocenters. The predicted molar refractivity (Wildman–Crippen MR) is 46.7 cm³/mol. The summed E-state index contributed by atoms with van der Waals surface area (Å²) in [5, 5.41) is 2.51. The summed E-state index contributed by atoms with van der Waals surface area (Å²) in [6.45, 7) is 4.19. The van der Waals surface area contributed by atoms with Gasteiger partial charge in [0.1, 0.15) is 0 Å². The summed E-state index contributed by atoms with van der Waals surface area (Å²) < 4.78 is 6.33. The van der Waals surface area contributed by atoms with Crippen LogP contribution in [0.1, 0.15) is 20.3 Å². The topological polar surface area (TPSA) is 64.1 Å². The highest BCUT2D eigenvalue weighted by Gasteiger charge is 2.07. The van der Waals surface area contributed by atoms with Crippen LogP contribution in [0.15, 0.2) is 11.0 Å². The quantitative estimate of drug-likeness (QED) is 0.696. The van der Waals surface area contributed by atoms with Gasteiger partial charge in [-0.2, -0.15) is 0 Å². The molecule has 0 radical (unpaired) electrons. The molecule has 0 aliphatic rings. The molecule has 13 heavy (non-hydrogen) atoms. The maximum Gasteiger partial charge on any atom is 0.311 e. The van der Waals surface area contributed by atoms with Gasteiger partial charge in [-0.1, -0.05) is 6.92 Å². The second-order valence-corrected chi connectivity index (χ2v) is 2.55. The molecule has 0 spiro atoms. The molecule has 72 valence electrons. The van der Waals surface area contributed by atoms with Crippen LogP contribution in [0.25, 0.3) is 0 Å². The van der Waals surface area contributed by atoms with Gasteiger partial charge in [-0.15, -0.1) is 0 Å². The number of hydrogen-bond donors (Lipinski definition) is 1. The van der Waals surface area contributed by atoms with Crippen LogP contribution in [-0.4, -0.2) is 15.7 Å². The highest BCUT2D eigenvalue weighted by molar-refractivity contribution is 5.71. The van der Waals surface area contributed by atoms with Crippen molar-refractivity contribution in [2.75, 3.05) is 0 Å². The third-order valence-corrected chi connectivity index (χ3v) is 1.60. The fraction of sp³-hybridized carbons (Fsp3) is 0.500. The minimum atomic E-state index is -0.403. The van der Waals surface area contributed by atoms with Crippen molar-refractivity contribution >= 4 is 5.97 Å². The third-order valence-electron chi connectivity index (χ3n) is 1.60. The van der Waals surface area contributed by atoms with E-state index in [4.69, 9.17) is 4.74 Å². The van der Waals surface area contributed by atoms with Crippen molar-refractivity contribution in [3.8, 4) is 5.75 Å². The molecule has 0 aliphatic heterocycles. The van der Waals surface area contributed by atoms with E-state index in [1.165, 1.54) is 6.20 Å². The Morgan fingerprint density at radius 3 is 2.77 bits per heavy atom. The predicted octanol–water partition coefficient (Wildman–Crippen LogP) is 0.512. The van der Waals surface area contributed by atoms with E-state index in [-0.39, 0.29) is 17.7 Å². The van der Waals surface area contributed by atoms with E-state index < -0.39 is 5.97 Å². The Labute approximate surface area is 75.3 Å². The van der Waals surface area contributed by atoms with Crippen molar-refractivity contribution in [3.05, 3.63) is 16.6 Å². The number of H-pyrrole nitrogens is 1. The van der Waals surface area contributed by atoms with E-state index in [0.717, 1.165) is 0 Å². The highest BCUT2D eigenvalue weighted by atomic mass is 16.5. The summed E-state index contributed by atoms with van der Waals surface area (Å²) in [4.78, 5) is 21.9. The molecular weight excluding hydrogens is 172 g/mol. The van der Waals surface area contributed by atoms with Crippen molar-refractivity contribution in [2.45, 2.75) is 26.8 Å². The van der Waals surface area contributed by atoms with Crippen LogP contribution in [0.2, 0.25) is 0 Å². The zero-order valence-electron chi connectivity index (χ0n) is 7.66. The molecule has 0 amide bonds. The molecule has 1 heterocycles. The van der Waals surface area contributed by atoms with Crippen LogP contribution in [0.5, 0.6) is 5.75 Å². The molecule has 5 heteroatoms. The molecule has 0 saturated carbocycles. The van der Waals surface area contributed by atoms with Gasteiger partial charge in [0.15, 0.2) is 0 Å². The summed E-state index contributed by atoms with van der Waals surface area (Å²) in [7, 11) is 0. The van der Waals surface area contributed by atoms with Gasteiger partial charge < -0.3 is 4.74 Å². The van der Waals surface area contributed by atoms with E-state index in [1.54, 1.807) is 11.6 Å². The van der Waals surface area contributed by atoms with Crippen LogP contribution < -0.4 is 10.3 Å². The fourth-order valence-electron chi connectivity index (χ4n) is 0.856. The molecule has 0 aliphatic carbocycles. The largest absolute Gasteiger partial charge is 0.419 e. The summed E-state index contributed by atoms with van der Waals surface area (Å²) >= 11 is 0. The maximum atomic E-state index is 11.1. The number of carbonyl (C=O) groups is 1. The first kappa shape index (κ1) is 9.57. The van der Waals surface area contributed by atoms with Gasteiger partial charge in [-0.3, -0.25) is 19.4 Å². The van der Waals surface area contributed by atoms with Crippen molar-refractivity contribution in [1.82, 2.24) is 9.78 Å². The van der Waals surface area contributed by atoms with Gasteiger partial charge in [0.2, 0.25) is 5.75 Å². The van der Waals surface area contributed by atoms with Crippen molar-refractivity contribution < 1.29 is 9.53 Å². The van der Waals surface area contributed by atoms with Crippen molar-refractivity contribution in [2.24, 2.45) is 0 Å². The second kappa shape index (κ2) is 3.93. The molecule has 1 aromatic rings. The number of nitrogens with one attached hydrogen (secondary N) is 1. The van der Waals surface area contributed by atoms with Crippen molar-refractivity contribution in [3.63, 3.8) is 0 Å². The first-order valence-electron chi connectivity index (χ1n) is 4.17.